The van der Waals surface area contributed by atoms with E-state index >= 15 is 0 Å². The lowest BCUT2D eigenvalue weighted by atomic mass is 10.1. The van der Waals surface area contributed by atoms with Gasteiger partial charge in [-0.1, -0.05) is 55.5 Å². The van der Waals surface area contributed by atoms with E-state index in [4.69, 9.17) is 9.47 Å². The first-order valence-corrected chi connectivity index (χ1v) is 15.0. The molecular weight excluding hydrogens is 542 g/mol. The predicted octanol–water partition coefficient (Wildman–Crippen LogP) is 4.27. The molecule has 0 saturated heterocycles. The molecule has 0 spiro atoms. The largest absolute Gasteiger partial charge is 0.493 e. The number of anilines is 1. The first kappa shape index (κ1) is 31.5. The summed E-state index contributed by atoms with van der Waals surface area (Å²) in [6.07, 6.45) is 1.24. The zero-order valence-electron chi connectivity index (χ0n) is 24.2. The topological polar surface area (TPSA) is 105 Å². The number of hydrogen-bond acceptors (Lipinski definition) is 6. The number of carbonyl (C=O) groups excluding carboxylic acids is 2. The maximum Gasteiger partial charge on any atom is 0.264 e. The molecule has 0 bridgehead atoms. The van der Waals surface area contributed by atoms with Crippen LogP contribution in [0.15, 0.2) is 83.8 Å². The van der Waals surface area contributed by atoms with Crippen molar-refractivity contribution >= 4 is 27.5 Å². The fourth-order valence-electron chi connectivity index (χ4n) is 4.26. The molecule has 0 aliphatic rings. The van der Waals surface area contributed by atoms with Gasteiger partial charge in [-0.15, -0.1) is 0 Å². The first-order valence-electron chi connectivity index (χ1n) is 13.6. The molecule has 0 heterocycles. The minimum atomic E-state index is -4.23. The third-order valence-electron chi connectivity index (χ3n) is 6.92. The van der Waals surface area contributed by atoms with Crippen LogP contribution in [-0.2, 0) is 26.0 Å². The molecule has 0 radical (unpaired) electrons. The number of sulfonamides is 1. The van der Waals surface area contributed by atoms with Crippen LogP contribution in [0.5, 0.6) is 11.5 Å². The van der Waals surface area contributed by atoms with Gasteiger partial charge in [0.25, 0.3) is 10.0 Å². The zero-order valence-corrected chi connectivity index (χ0v) is 25.1. The molecule has 0 fully saturated rings. The van der Waals surface area contributed by atoms with E-state index in [0.717, 1.165) is 16.3 Å². The van der Waals surface area contributed by atoms with E-state index in [2.05, 4.69) is 5.32 Å². The van der Waals surface area contributed by atoms with E-state index in [1.165, 1.54) is 37.3 Å². The summed E-state index contributed by atoms with van der Waals surface area (Å²) in [6, 6.07) is 21.4. The van der Waals surface area contributed by atoms with Crippen LogP contribution in [0.3, 0.4) is 0 Å². The lowest BCUT2D eigenvalue weighted by molar-refractivity contribution is -0.139. The highest BCUT2D eigenvalue weighted by atomic mass is 32.2. The molecule has 0 aliphatic heterocycles. The van der Waals surface area contributed by atoms with E-state index in [-0.39, 0.29) is 29.1 Å². The molecule has 1 N–H and O–H groups in total. The van der Waals surface area contributed by atoms with Gasteiger partial charge in [-0.05, 0) is 56.5 Å². The lowest BCUT2D eigenvalue weighted by Gasteiger charge is -2.32. The summed E-state index contributed by atoms with van der Waals surface area (Å²) in [7, 11) is -1.34. The van der Waals surface area contributed by atoms with Crippen molar-refractivity contribution in [3.05, 3.63) is 84.4 Å². The van der Waals surface area contributed by atoms with Gasteiger partial charge in [-0.2, -0.15) is 0 Å². The molecule has 0 saturated carbocycles. The number of amides is 2. The molecule has 0 unspecified atom stereocenters. The molecule has 0 aromatic heterocycles. The Morgan fingerprint density at radius 3 is 2.07 bits per heavy atom. The molecule has 2 atom stereocenters. The van der Waals surface area contributed by atoms with Crippen LogP contribution in [-0.4, -0.2) is 64.5 Å². The number of benzene rings is 3. The summed E-state index contributed by atoms with van der Waals surface area (Å²) in [5, 5.41) is 2.94. The van der Waals surface area contributed by atoms with Gasteiger partial charge in [-0.25, -0.2) is 8.42 Å². The fourth-order valence-corrected chi connectivity index (χ4v) is 5.69. The van der Waals surface area contributed by atoms with Crippen LogP contribution in [0.1, 0.15) is 32.8 Å². The zero-order chi connectivity index (χ0) is 30.0. The average Bonchev–Trinajstić information content (AvgIpc) is 3.00. The minimum absolute atomic E-state index is 0.0646. The third kappa shape index (κ3) is 8.00. The monoisotopic (exact) mass is 581 g/mol. The Balaban J connectivity index is 1.99. The molecule has 0 aliphatic carbocycles. The van der Waals surface area contributed by atoms with Crippen molar-refractivity contribution in [2.24, 2.45) is 0 Å². The number of nitrogens with zero attached hydrogens (tertiary/aromatic N) is 2. The Bertz CT molecular complexity index is 1400. The van der Waals surface area contributed by atoms with Gasteiger partial charge in [0.15, 0.2) is 11.5 Å². The van der Waals surface area contributed by atoms with E-state index in [1.54, 1.807) is 37.3 Å². The number of nitrogens with one attached hydrogen (secondary N) is 1. The molecule has 9 nitrogen and oxygen atoms in total. The summed E-state index contributed by atoms with van der Waals surface area (Å²) in [5.74, 6) is -0.176. The van der Waals surface area contributed by atoms with E-state index in [9.17, 15) is 18.0 Å². The predicted molar refractivity (Wildman–Crippen MR) is 160 cm³/mol. The fraction of sp³-hybridized carbons (Fsp3) is 0.355. The summed E-state index contributed by atoms with van der Waals surface area (Å²) >= 11 is 0. The first-order chi connectivity index (χ1) is 19.6. The van der Waals surface area contributed by atoms with Gasteiger partial charge in [0, 0.05) is 18.7 Å². The minimum Gasteiger partial charge on any atom is -0.493 e. The van der Waals surface area contributed by atoms with E-state index in [1.807, 2.05) is 44.2 Å². The number of rotatable bonds is 14. The van der Waals surface area contributed by atoms with Gasteiger partial charge in [0.1, 0.15) is 12.6 Å². The van der Waals surface area contributed by atoms with Crippen molar-refractivity contribution in [1.29, 1.82) is 0 Å². The normalized spacial score (nSPS) is 12.6. The van der Waals surface area contributed by atoms with Gasteiger partial charge in [-0.3, -0.25) is 13.9 Å². The van der Waals surface area contributed by atoms with Crippen molar-refractivity contribution in [3.8, 4) is 11.5 Å². The Morgan fingerprint density at radius 2 is 1.49 bits per heavy atom. The highest BCUT2D eigenvalue weighted by Crippen LogP contribution is 2.32. The number of hydrogen-bond donors (Lipinski definition) is 1. The summed E-state index contributed by atoms with van der Waals surface area (Å²) < 4.78 is 39.7. The maximum absolute atomic E-state index is 14.0. The van der Waals surface area contributed by atoms with Gasteiger partial charge in [0.05, 0.1) is 24.8 Å². The number of para-hydroxylation sites is 1. The van der Waals surface area contributed by atoms with Crippen molar-refractivity contribution in [1.82, 2.24) is 10.2 Å². The Morgan fingerprint density at radius 1 is 0.878 bits per heavy atom. The maximum atomic E-state index is 14.0. The highest BCUT2D eigenvalue weighted by molar-refractivity contribution is 7.92. The molecule has 3 rings (SSSR count). The van der Waals surface area contributed by atoms with Crippen LogP contribution >= 0.6 is 0 Å². The van der Waals surface area contributed by atoms with Crippen LogP contribution in [0, 0.1) is 0 Å². The van der Waals surface area contributed by atoms with Crippen molar-refractivity contribution in [2.45, 2.75) is 50.6 Å². The van der Waals surface area contributed by atoms with Crippen molar-refractivity contribution in [3.63, 3.8) is 0 Å². The highest BCUT2D eigenvalue weighted by Gasteiger charge is 2.33. The smallest absolute Gasteiger partial charge is 0.264 e. The second-order valence-electron chi connectivity index (χ2n) is 9.68. The third-order valence-corrected chi connectivity index (χ3v) is 8.69. The van der Waals surface area contributed by atoms with Crippen molar-refractivity contribution < 1.29 is 27.5 Å². The number of methoxy groups -OCH3 is 2. The SMILES string of the molecule is CC[C@@H](C)NC(=O)[C@@H](C)N(CCc1ccccc1)C(=O)CN(c1ccccc1)S(=O)(=O)c1ccc(OC)c(OC)c1. The van der Waals surface area contributed by atoms with Crippen molar-refractivity contribution in [2.75, 3.05) is 31.6 Å². The van der Waals surface area contributed by atoms with Gasteiger partial charge in [0.2, 0.25) is 11.8 Å². The Labute approximate surface area is 243 Å². The second kappa shape index (κ2) is 14.5. The van der Waals surface area contributed by atoms with Crippen LogP contribution in [0.2, 0.25) is 0 Å². The Hall–Kier alpha value is -4.05. The average molecular weight is 582 g/mol. The van der Waals surface area contributed by atoms with E-state index < -0.39 is 28.5 Å². The van der Waals surface area contributed by atoms with Gasteiger partial charge < -0.3 is 19.7 Å². The molecule has 3 aromatic rings. The number of ether oxygens (including phenoxy) is 2. The lowest BCUT2D eigenvalue weighted by Crippen LogP contribution is -2.53. The summed E-state index contributed by atoms with van der Waals surface area (Å²) in [6.45, 7) is 5.25. The molecule has 41 heavy (non-hydrogen) atoms. The van der Waals surface area contributed by atoms with Gasteiger partial charge >= 0.3 is 0 Å². The van der Waals surface area contributed by atoms with E-state index in [0.29, 0.717) is 17.9 Å². The van der Waals surface area contributed by atoms with Crippen LogP contribution in [0.4, 0.5) is 5.69 Å². The molecule has 3 aromatic carbocycles. The standard InChI is InChI=1S/C31H39N3O6S/c1-6-23(2)32-31(36)24(3)33(20-19-25-13-9-7-10-14-25)30(35)22-34(26-15-11-8-12-16-26)41(37,38)27-17-18-28(39-4)29(21-27)40-5/h7-18,21,23-24H,6,19-20,22H2,1-5H3,(H,32,36)/t23-,24-/m1/s1. The Kier molecular flexibility index (Phi) is 11.2. The second-order valence-corrected chi connectivity index (χ2v) is 11.5. The molecular formula is C31H39N3O6S. The van der Waals surface area contributed by atoms with Crippen LogP contribution in [0.25, 0.3) is 0 Å². The molecule has 10 heteroatoms. The molecule has 220 valence electrons. The summed E-state index contributed by atoms with van der Waals surface area (Å²) in [5.41, 5.74) is 1.31. The molecule has 2 amide bonds. The summed E-state index contributed by atoms with van der Waals surface area (Å²) in [4.78, 5) is 28.4. The van der Waals surface area contributed by atoms with Crippen LogP contribution < -0.4 is 19.1 Å². The quantitative estimate of drug-likeness (QED) is 0.305. The number of carbonyl (C=O) groups is 2.